The molecule has 2 aromatic carbocycles. The zero-order valence-electron chi connectivity index (χ0n) is 19.8. The third-order valence-electron chi connectivity index (χ3n) is 6.45. The maximum Gasteiger partial charge on any atom is 0.329 e. The number of anilines is 2. The molecule has 0 fully saturated rings. The fourth-order valence-electron chi connectivity index (χ4n) is 4.97. The number of ether oxygens (including phenoxy) is 1. The summed E-state index contributed by atoms with van der Waals surface area (Å²) in [5.41, 5.74) is 5.23. The molecule has 2 atom stereocenters. The van der Waals surface area contributed by atoms with Crippen LogP contribution in [-0.4, -0.2) is 45.1 Å². The Morgan fingerprint density at radius 3 is 2.26 bits per heavy atom. The zero-order chi connectivity index (χ0) is 24.0. The second-order valence-electron chi connectivity index (χ2n) is 8.80. The Morgan fingerprint density at radius 2 is 1.60 bits per heavy atom. The van der Waals surface area contributed by atoms with E-state index >= 15 is 0 Å². The van der Waals surface area contributed by atoms with Gasteiger partial charge in [0.25, 0.3) is 0 Å². The maximum atomic E-state index is 13.6. The van der Waals surface area contributed by atoms with Crippen molar-refractivity contribution in [2.45, 2.75) is 32.5 Å². The van der Waals surface area contributed by atoms with E-state index in [4.69, 9.17) is 4.74 Å². The molecule has 5 rings (SSSR count). The lowest BCUT2D eigenvalue weighted by Gasteiger charge is -2.35. The first kappa shape index (κ1) is 22.7. The Hall–Kier alpha value is -4.07. The predicted molar refractivity (Wildman–Crippen MR) is 135 cm³/mol. The number of benzene rings is 2. The van der Waals surface area contributed by atoms with Crippen LogP contribution >= 0.6 is 0 Å². The quantitative estimate of drug-likeness (QED) is 0.379. The number of rotatable bonds is 8. The highest BCUT2D eigenvalue weighted by Gasteiger charge is 2.40. The number of aromatic amines is 2. The molecular formula is C27H30N6O2. The van der Waals surface area contributed by atoms with Crippen LogP contribution in [0.4, 0.5) is 11.4 Å². The molecule has 8 heteroatoms. The van der Waals surface area contributed by atoms with Crippen molar-refractivity contribution in [1.82, 2.24) is 19.9 Å². The molecule has 0 unspecified atom stereocenters. The molecule has 2 N–H and O–H groups in total. The first-order valence-electron chi connectivity index (χ1n) is 12.0. The molecule has 4 aromatic rings. The number of carbonyl (C=O) groups excluding carboxylic acids is 1. The van der Waals surface area contributed by atoms with Crippen LogP contribution < -0.4 is 9.80 Å². The van der Waals surface area contributed by atoms with E-state index < -0.39 is 6.04 Å². The van der Waals surface area contributed by atoms with Crippen molar-refractivity contribution in [2.24, 2.45) is 5.92 Å². The molecule has 35 heavy (non-hydrogen) atoms. The Labute approximate surface area is 205 Å². The molecule has 3 heterocycles. The average Bonchev–Trinajstić information content (AvgIpc) is 3.56. The molecule has 0 spiro atoms. The molecule has 8 nitrogen and oxygen atoms in total. The number of hydrogen-bond donors (Lipinski definition) is 2. The summed E-state index contributed by atoms with van der Waals surface area (Å²) in [5.74, 6) is -0.221. The van der Waals surface area contributed by atoms with Gasteiger partial charge in [0, 0.05) is 24.9 Å². The number of nitrogens with zero attached hydrogens (tertiary/aromatic N) is 4. The van der Waals surface area contributed by atoms with E-state index in [0.717, 1.165) is 29.2 Å². The van der Waals surface area contributed by atoms with Gasteiger partial charge in [0.1, 0.15) is 6.04 Å². The van der Waals surface area contributed by atoms with Crippen molar-refractivity contribution >= 4 is 17.3 Å². The second kappa shape index (κ2) is 10.5. The topological polar surface area (TPSA) is 90.1 Å². The lowest BCUT2D eigenvalue weighted by molar-refractivity contribution is -0.146. The van der Waals surface area contributed by atoms with Crippen LogP contribution in [0, 0.1) is 5.92 Å². The standard InChI is InChI=1S/C27H30N6O2/c1-2-35-27(34)26-21(12-20-8-4-3-5-9-20)15-32(16-22-13-28-18-30-22)24-10-6-7-11-25(24)33(26)17-23-14-29-19-31-23/h3-11,13-14,18-19,21,26H,2,12,15-17H2,1H3,(H,28,30)(H,29,31)/t21-,26+/m0/s1. The Balaban J connectivity index is 1.62. The number of H-pyrrole nitrogens is 2. The van der Waals surface area contributed by atoms with Crippen molar-refractivity contribution < 1.29 is 9.53 Å². The molecule has 0 saturated carbocycles. The summed E-state index contributed by atoms with van der Waals surface area (Å²) in [6.45, 7) is 4.07. The van der Waals surface area contributed by atoms with E-state index in [1.807, 2.05) is 49.6 Å². The number of esters is 1. The van der Waals surface area contributed by atoms with Crippen LogP contribution in [0.25, 0.3) is 0 Å². The van der Waals surface area contributed by atoms with Gasteiger partial charge in [0.05, 0.1) is 55.1 Å². The van der Waals surface area contributed by atoms with Crippen LogP contribution in [0.2, 0.25) is 0 Å². The number of fused-ring (bicyclic) bond motifs is 1. The monoisotopic (exact) mass is 470 g/mol. The van der Waals surface area contributed by atoms with E-state index in [-0.39, 0.29) is 11.9 Å². The van der Waals surface area contributed by atoms with Crippen molar-refractivity contribution in [1.29, 1.82) is 0 Å². The molecule has 1 aliphatic rings. The van der Waals surface area contributed by atoms with Gasteiger partial charge >= 0.3 is 5.97 Å². The summed E-state index contributed by atoms with van der Waals surface area (Å²) in [6.07, 6.45) is 7.78. The van der Waals surface area contributed by atoms with E-state index in [0.29, 0.717) is 26.2 Å². The summed E-state index contributed by atoms with van der Waals surface area (Å²) in [4.78, 5) is 33.0. The minimum absolute atomic E-state index is 0.0188. The van der Waals surface area contributed by atoms with E-state index in [1.165, 1.54) is 5.56 Å². The number of hydrogen-bond acceptors (Lipinski definition) is 6. The highest BCUT2D eigenvalue weighted by atomic mass is 16.5. The van der Waals surface area contributed by atoms with E-state index in [2.05, 4.69) is 54.0 Å². The lowest BCUT2D eigenvalue weighted by Crippen LogP contribution is -2.49. The van der Waals surface area contributed by atoms with Gasteiger partial charge in [-0.3, -0.25) is 0 Å². The van der Waals surface area contributed by atoms with Gasteiger partial charge in [-0.15, -0.1) is 0 Å². The van der Waals surface area contributed by atoms with Crippen LogP contribution in [-0.2, 0) is 29.0 Å². The van der Waals surface area contributed by atoms with Crippen molar-refractivity contribution in [3.8, 4) is 0 Å². The van der Waals surface area contributed by atoms with Crippen LogP contribution in [0.1, 0.15) is 23.9 Å². The van der Waals surface area contributed by atoms with Gasteiger partial charge in [-0.05, 0) is 31.0 Å². The zero-order valence-corrected chi connectivity index (χ0v) is 19.8. The normalized spacial score (nSPS) is 17.6. The van der Waals surface area contributed by atoms with Crippen molar-refractivity contribution in [3.05, 3.63) is 96.6 Å². The minimum Gasteiger partial charge on any atom is -0.464 e. The van der Waals surface area contributed by atoms with Crippen LogP contribution in [0.15, 0.2) is 79.6 Å². The first-order chi connectivity index (χ1) is 17.2. The smallest absolute Gasteiger partial charge is 0.329 e. The van der Waals surface area contributed by atoms with Gasteiger partial charge < -0.3 is 24.5 Å². The molecule has 2 aromatic heterocycles. The maximum absolute atomic E-state index is 13.6. The summed E-state index contributed by atoms with van der Waals surface area (Å²) in [7, 11) is 0. The number of para-hydroxylation sites is 2. The Morgan fingerprint density at radius 1 is 0.943 bits per heavy atom. The molecular weight excluding hydrogens is 440 g/mol. The van der Waals surface area contributed by atoms with Crippen LogP contribution in [0.5, 0.6) is 0 Å². The van der Waals surface area contributed by atoms with E-state index in [1.54, 1.807) is 12.7 Å². The van der Waals surface area contributed by atoms with Crippen molar-refractivity contribution in [2.75, 3.05) is 23.0 Å². The Bertz CT molecular complexity index is 1210. The largest absolute Gasteiger partial charge is 0.464 e. The summed E-state index contributed by atoms with van der Waals surface area (Å²) >= 11 is 0. The molecule has 0 amide bonds. The van der Waals surface area contributed by atoms with Crippen LogP contribution in [0.3, 0.4) is 0 Å². The van der Waals surface area contributed by atoms with Gasteiger partial charge in [-0.25, -0.2) is 14.8 Å². The molecule has 0 saturated heterocycles. The van der Waals surface area contributed by atoms with Gasteiger partial charge in [-0.2, -0.15) is 0 Å². The highest BCUT2D eigenvalue weighted by molar-refractivity contribution is 5.85. The van der Waals surface area contributed by atoms with Crippen molar-refractivity contribution in [3.63, 3.8) is 0 Å². The third kappa shape index (κ3) is 5.06. The van der Waals surface area contributed by atoms with Gasteiger partial charge in [0.2, 0.25) is 0 Å². The minimum atomic E-state index is -0.466. The van der Waals surface area contributed by atoms with E-state index in [9.17, 15) is 4.79 Å². The fourth-order valence-corrected chi connectivity index (χ4v) is 4.97. The molecule has 1 aliphatic heterocycles. The highest BCUT2D eigenvalue weighted by Crippen LogP contribution is 2.39. The SMILES string of the molecule is CCOC(=O)[C@H]1[C@@H](Cc2ccccc2)CN(Cc2cnc[nH]2)c2ccccc2N1Cc1cnc[nH]1. The lowest BCUT2D eigenvalue weighted by atomic mass is 9.90. The van der Waals surface area contributed by atoms with Gasteiger partial charge in [0.15, 0.2) is 0 Å². The average molecular weight is 471 g/mol. The predicted octanol–water partition coefficient (Wildman–Crippen LogP) is 3.95. The molecule has 0 aliphatic carbocycles. The molecule has 0 radical (unpaired) electrons. The molecule has 0 bridgehead atoms. The summed E-state index contributed by atoms with van der Waals surface area (Å²) in [6, 6.07) is 18.2. The molecule has 180 valence electrons. The first-order valence-corrected chi connectivity index (χ1v) is 12.0. The summed E-state index contributed by atoms with van der Waals surface area (Å²) in [5, 5.41) is 0. The number of imidazole rings is 2. The van der Waals surface area contributed by atoms with Gasteiger partial charge in [-0.1, -0.05) is 42.5 Å². The summed E-state index contributed by atoms with van der Waals surface area (Å²) < 4.78 is 5.67. The second-order valence-corrected chi connectivity index (χ2v) is 8.80. The third-order valence-corrected chi connectivity index (χ3v) is 6.45. The number of carbonyl (C=O) groups is 1. The Kier molecular flexibility index (Phi) is 6.79. The number of aromatic nitrogens is 4. The number of nitrogens with one attached hydrogen (secondary N) is 2. The fraction of sp³-hybridized carbons (Fsp3) is 0.296.